The SMILES string of the molecule is CN1C(=O)CCC(NC(=O)c2ccccc2O)C1=O. The fourth-order valence-electron chi connectivity index (χ4n) is 1.95. The minimum absolute atomic E-state index is 0.106. The monoisotopic (exact) mass is 262 g/mol. The molecule has 1 aliphatic heterocycles. The van der Waals surface area contributed by atoms with Gasteiger partial charge in [-0.2, -0.15) is 0 Å². The summed E-state index contributed by atoms with van der Waals surface area (Å²) in [6.45, 7) is 0. The summed E-state index contributed by atoms with van der Waals surface area (Å²) >= 11 is 0. The summed E-state index contributed by atoms with van der Waals surface area (Å²) in [6.07, 6.45) is 0.495. The van der Waals surface area contributed by atoms with E-state index in [0.717, 1.165) is 4.90 Å². The molecule has 0 spiro atoms. The van der Waals surface area contributed by atoms with Crippen LogP contribution in [0.1, 0.15) is 23.2 Å². The maximum absolute atomic E-state index is 11.9. The summed E-state index contributed by atoms with van der Waals surface area (Å²) in [6, 6.07) is 5.35. The third-order valence-electron chi connectivity index (χ3n) is 3.10. The van der Waals surface area contributed by atoms with E-state index in [0.29, 0.717) is 0 Å². The van der Waals surface area contributed by atoms with Crippen LogP contribution >= 0.6 is 0 Å². The largest absolute Gasteiger partial charge is 0.507 e. The predicted octanol–water partition coefficient (Wildman–Crippen LogP) is 0.269. The number of likely N-dealkylation sites (N-methyl/N-ethyl adjacent to an activating group) is 1. The Morgan fingerprint density at radius 1 is 1.37 bits per heavy atom. The van der Waals surface area contributed by atoms with Crippen LogP contribution in [0.5, 0.6) is 5.75 Å². The summed E-state index contributed by atoms with van der Waals surface area (Å²) in [5.74, 6) is -1.36. The molecule has 6 heteroatoms. The standard InChI is InChI=1S/C13H14N2O4/c1-15-11(17)7-6-9(13(15)19)14-12(18)8-4-2-3-5-10(8)16/h2-5,9,16H,6-7H2,1H3,(H,14,18). The van der Waals surface area contributed by atoms with Gasteiger partial charge in [-0.1, -0.05) is 12.1 Å². The lowest BCUT2D eigenvalue weighted by atomic mass is 10.0. The van der Waals surface area contributed by atoms with Gasteiger partial charge in [-0.05, 0) is 18.6 Å². The van der Waals surface area contributed by atoms with E-state index in [9.17, 15) is 19.5 Å². The number of aromatic hydroxyl groups is 1. The Kier molecular flexibility index (Phi) is 3.50. The smallest absolute Gasteiger partial charge is 0.255 e. The maximum atomic E-state index is 11.9. The van der Waals surface area contributed by atoms with Crippen LogP contribution in [-0.2, 0) is 9.59 Å². The molecule has 1 fully saturated rings. The van der Waals surface area contributed by atoms with Crippen molar-refractivity contribution in [3.05, 3.63) is 29.8 Å². The number of piperidine rings is 1. The van der Waals surface area contributed by atoms with Crippen LogP contribution < -0.4 is 5.32 Å². The predicted molar refractivity (Wildman–Crippen MR) is 66.4 cm³/mol. The van der Waals surface area contributed by atoms with E-state index >= 15 is 0 Å². The quantitative estimate of drug-likeness (QED) is 0.749. The Hall–Kier alpha value is -2.37. The van der Waals surface area contributed by atoms with Gasteiger partial charge < -0.3 is 10.4 Å². The second kappa shape index (κ2) is 5.09. The number of benzene rings is 1. The number of carbonyl (C=O) groups excluding carboxylic acids is 3. The summed E-state index contributed by atoms with van der Waals surface area (Å²) < 4.78 is 0. The highest BCUT2D eigenvalue weighted by Crippen LogP contribution is 2.17. The number of hydrogen-bond acceptors (Lipinski definition) is 4. The normalized spacial score (nSPS) is 19.4. The first kappa shape index (κ1) is 13.1. The third-order valence-corrected chi connectivity index (χ3v) is 3.10. The lowest BCUT2D eigenvalue weighted by Crippen LogP contribution is -2.52. The zero-order valence-electron chi connectivity index (χ0n) is 10.4. The molecule has 1 aromatic carbocycles. The molecular weight excluding hydrogens is 248 g/mol. The highest BCUT2D eigenvalue weighted by molar-refractivity contribution is 6.04. The molecule has 1 heterocycles. The van der Waals surface area contributed by atoms with Crippen molar-refractivity contribution in [2.45, 2.75) is 18.9 Å². The first-order valence-corrected chi connectivity index (χ1v) is 5.90. The second-order valence-electron chi connectivity index (χ2n) is 4.37. The van der Waals surface area contributed by atoms with Crippen molar-refractivity contribution in [3.63, 3.8) is 0 Å². The Morgan fingerprint density at radius 2 is 2.05 bits per heavy atom. The molecule has 3 amide bonds. The average molecular weight is 262 g/mol. The van der Waals surface area contributed by atoms with Crippen molar-refractivity contribution in [1.29, 1.82) is 0 Å². The Bertz CT molecular complexity index is 541. The van der Waals surface area contributed by atoms with Crippen LogP contribution in [0.4, 0.5) is 0 Å². The van der Waals surface area contributed by atoms with Crippen LogP contribution in [0.15, 0.2) is 24.3 Å². The van der Waals surface area contributed by atoms with Gasteiger partial charge in [0.25, 0.3) is 11.8 Å². The molecule has 2 N–H and O–H groups in total. The summed E-state index contributed by atoms with van der Waals surface area (Å²) in [7, 11) is 1.39. The van der Waals surface area contributed by atoms with Gasteiger partial charge in [-0.3, -0.25) is 19.3 Å². The van der Waals surface area contributed by atoms with E-state index in [4.69, 9.17) is 0 Å². The fourth-order valence-corrected chi connectivity index (χ4v) is 1.95. The lowest BCUT2D eigenvalue weighted by molar-refractivity contribution is -0.147. The number of amides is 3. The first-order valence-electron chi connectivity index (χ1n) is 5.90. The second-order valence-corrected chi connectivity index (χ2v) is 4.37. The van der Waals surface area contributed by atoms with E-state index in [2.05, 4.69) is 5.32 Å². The Morgan fingerprint density at radius 3 is 2.74 bits per heavy atom. The third kappa shape index (κ3) is 2.57. The number of phenols is 1. The molecule has 1 atom stereocenters. The van der Waals surface area contributed by atoms with E-state index in [1.165, 1.54) is 19.2 Å². The number of carbonyl (C=O) groups is 3. The number of rotatable bonds is 2. The van der Waals surface area contributed by atoms with Crippen LogP contribution in [-0.4, -0.2) is 40.8 Å². The van der Waals surface area contributed by atoms with Crippen molar-refractivity contribution >= 4 is 17.7 Å². The molecule has 1 aromatic rings. The van der Waals surface area contributed by atoms with Gasteiger partial charge in [-0.25, -0.2) is 0 Å². The fraction of sp³-hybridized carbons (Fsp3) is 0.308. The van der Waals surface area contributed by atoms with Crippen LogP contribution in [0.2, 0.25) is 0 Å². The molecule has 0 radical (unpaired) electrons. The topological polar surface area (TPSA) is 86.7 Å². The number of hydrogen-bond donors (Lipinski definition) is 2. The molecule has 1 unspecified atom stereocenters. The number of imide groups is 1. The average Bonchev–Trinajstić information content (AvgIpc) is 2.40. The molecule has 1 saturated heterocycles. The van der Waals surface area contributed by atoms with Gasteiger partial charge in [-0.15, -0.1) is 0 Å². The van der Waals surface area contributed by atoms with Gasteiger partial charge in [0.05, 0.1) is 5.56 Å². The van der Waals surface area contributed by atoms with E-state index in [-0.39, 0.29) is 30.1 Å². The number of nitrogens with one attached hydrogen (secondary N) is 1. The molecule has 0 aromatic heterocycles. The summed E-state index contributed by atoms with van der Waals surface area (Å²) in [4.78, 5) is 36.1. The van der Waals surface area contributed by atoms with Crippen molar-refractivity contribution in [2.75, 3.05) is 7.05 Å². The highest BCUT2D eigenvalue weighted by Gasteiger charge is 2.33. The molecule has 0 saturated carbocycles. The number of phenolic OH excluding ortho intramolecular Hbond substituents is 1. The van der Waals surface area contributed by atoms with Gasteiger partial charge in [0.15, 0.2) is 0 Å². The number of nitrogens with zero attached hydrogens (tertiary/aromatic N) is 1. The zero-order chi connectivity index (χ0) is 14.0. The molecular formula is C13H14N2O4. The van der Waals surface area contributed by atoms with Crippen molar-refractivity contribution < 1.29 is 19.5 Å². The minimum Gasteiger partial charge on any atom is -0.507 e. The van der Waals surface area contributed by atoms with E-state index < -0.39 is 17.9 Å². The molecule has 6 nitrogen and oxygen atoms in total. The van der Waals surface area contributed by atoms with E-state index in [1.54, 1.807) is 12.1 Å². The molecule has 2 rings (SSSR count). The molecule has 100 valence electrons. The van der Waals surface area contributed by atoms with Crippen molar-refractivity contribution in [2.24, 2.45) is 0 Å². The summed E-state index contributed by atoms with van der Waals surface area (Å²) in [5.41, 5.74) is 0.106. The Balaban J connectivity index is 2.10. The van der Waals surface area contributed by atoms with Crippen LogP contribution in [0.3, 0.4) is 0 Å². The zero-order valence-corrected chi connectivity index (χ0v) is 10.4. The van der Waals surface area contributed by atoms with Crippen molar-refractivity contribution in [3.8, 4) is 5.75 Å². The van der Waals surface area contributed by atoms with E-state index in [1.807, 2.05) is 0 Å². The van der Waals surface area contributed by atoms with Gasteiger partial charge in [0, 0.05) is 13.5 Å². The molecule has 0 aliphatic carbocycles. The Labute approximate surface area is 110 Å². The lowest BCUT2D eigenvalue weighted by Gasteiger charge is -2.28. The number of para-hydroxylation sites is 1. The van der Waals surface area contributed by atoms with Crippen LogP contribution in [0.25, 0.3) is 0 Å². The highest BCUT2D eigenvalue weighted by atomic mass is 16.3. The van der Waals surface area contributed by atoms with Gasteiger partial charge >= 0.3 is 0 Å². The van der Waals surface area contributed by atoms with Crippen LogP contribution in [0, 0.1) is 0 Å². The van der Waals surface area contributed by atoms with Gasteiger partial charge in [0.2, 0.25) is 5.91 Å². The molecule has 19 heavy (non-hydrogen) atoms. The maximum Gasteiger partial charge on any atom is 0.255 e. The summed E-state index contributed by atoms with van der Waals surface area (Å²) in [5, 5.41) is 12.1. The number of likely N-dealkylation sites (tertiary alicyclic amines) is 1. The minimum atomic E-state index is -0.727. The molecule has 0 bridgehead atoms. The van der Waals surface area contributed by atoms with Gasteiger partial charge in [0.1, 0.15) is 11.8 Å². The first-order chi connectivity index (χ1) is 9.00. The molecule has 1 aliphatic rings. The van der Waals surface area contributed by atoms with Crippen molar-refractivity contribution in [1.82, 2.24) is 10.2 Å².